The van der Waals surface area contributed by atoms with Gasteiger partial charge >= 0.3 is 18.1 Å². The summed E-state index contributed by atoms with van der Waals surface area (Å²) in [7, 11) is 0. The van der Waals surface area contributed by atoms with Crippen LogP contribution in [0.15, 0.2) is 72.8 Å². The molecule has 3 aromatic rings. The van der Waals surface area contributed by atoms with Crippen LogP contribution in [0.3, 0.4) is 0 Å². The maximum absolute atomic E-state index is 13.9. The van der Waals surface area contributed by atoms with Gasteiger partial charge in [-0.25, -0.2) is 14.4 Å². The first-order chi connectivity index (χ1) is 27.8. The average molecular weight is 800 g/mol. The summed E-state index contributed by atoms with van der Waals surface area (Å²) < 4.78 is 10.6. The molecule has 58 heavy (non-hydrogen) atoms. The molecule has 1 heterocycles. The molecule has 17 heteroatoms. The molecule has 0 aromatic heterocycles. The Labute approximate surface area is 335 Å². The number of ether oxygens (including phenoxy) is 2. The Morgan fingerprint density at radius 1 is 0.845 bits per heavy atom. The molecule has 1 aliphatic carbocycles. The van der Waals surface area contributed by atoms with Crippen molar-refractivity contribution in [1.82, 2.24) is 26.6 Å². The van der Waals surface area contributed by atoms with E-state index in [0.29, 0.717) is 11.3 Å². The fraction of sp³-hybridized carbons (Fsp3) is 0.390. The molecule has 1 saturated heterocycles. The maximum Gasteiger partial charge on any atom is 0.407 e. The number of nitrogens with two attached hydrogens (primary N) is 1. The number of nitrogens with one attached hydrogen (secondary N) is 6. The van der Waals surface area contributed by atoms with Crippen molar-refractivity contribution in [2.75, 3.05) is 25.1 Å². The van der Waals surface area contributed by atoms with Gasteiger partial charge in [-0.15, -0.1) is 0 Å². The zero-order valence-electron chi connectivity index (χ0n) is 32.2. The number of anilines is 1. The Bertz CT molecular complexity index is 1940. The first-order valence-corrected chi connectivity index (χ1v) is 19.1. The van der Waals surface area contributed by atoms with Crippen molar-refractivity contribution in [3.05, 3.63) is 89.5 Å². The molecule has 17 nitrogen and oxygen atoms in total. The van der Waals surface area contributed by atoms with Crippen LogP contribution in [0, 0.1) is 5.92 Å². The molecule has 0 saturated carbocycles. The molecular weight excluding hydrogens is 750 g/mol. The minimum atomic E-state index is -1.55. The molecule has 4 atom stereocenters. The van der Waals surface area contributed by atoms with Crippen molar-refractivity contribution in [2.24, 2.45) is 11.7 Å². The van der Waals surface area contributed by atoms with E-state index >= 15 is 0 Å². The van der Waals surface area contributed by atoms with Crippen LogP contribution >= 0.6 is 0 Å². The Kier molecular flexibility index (Phi) is 14.8. The summed E-state index contributed by atoms with van der Waals surface area (Å²) in [6.45, 7) is 3.29. The summed E-state index contributed by atoms with van der Waals surface area (Å²) in [5.74, 6) is -4.42. The van der Waals surface area contributed by atoms with Crippen LogP contribution in [0.25, 0.3) is 11.1 Å². The van der Waals surface area contributed by atoms with Crippen LogP contribution in [-0.2, 0) is 40.1 Å². The summed E-state index contributed by atoms with van der Waals surface area (Å²) in [5, 5.41) is 24.8. The lowest BCUT2D eigenvalue weighted by Crippen LogP contribution is -2.58. The number of carbonyl (C=O) groups is 7. The highest BCUT2D eigenvalue weighted by atomic mass is 16.5. The van der Waals surface area contributed by atoms with E-state index in [1.54, 1.807) is 38.1 Å². The third kappa shape index (κ3) is 11.3. The second-order valence-electron chi connectivity index (χ2n) is 14.4. The van der Waals surface area contributed by atoms with Gasteiger partial charge in [0.2, 0.25) is 23.6 Å². The smallest absolute Gasteiger partial charge is 0.407 e. The summed E-state index contributed by atoms with van der Waals surface area (Å²) in [6, 6.07) is 16.3. The lowest BCUT2D eigenvalue weighted by Gasteiger charge is -2.27. The summed E-state index contributed by atoms with van der Waals surface area (Å²) >= 11 is 0. The number of esters is 1. The topological polar surface area (TPSA) is 256 Å². The fourth-order valence-corrected chi connectivity index (χ4v) is 6.82. The predicted octanol–water partition coefficient (Wildman–Crippen LogP) is 1.92. The number of rotatable bonds is 18. The number of primary amides is 1. The molecule has 0 unspecified atom stereocenters. The van der Waals surface area contributed by atoms with Crippen molar-refractivity contribution in [1.29, 1.82) is 0 Å². The van der Waals surface area contributed by atoms with Crippen LogP contribution in [0.1, 0.15) is 62.1 Å². The Balaban J connectivity index is 1.29. The van der Waals surface area contributed by atoms with E-state index in [4.69, 9.17) is 15.2 Å². The van der Waals surface area contributed by atoms with Crippen LogP contribution in [0.5, 0.6) is 0 Å². The number of urea groups is 1. The van der Waals surface area contributed by atoms with E-state index in [1.165, 1.54) is 0 Å². The van der Waals surface area contributed by atoms with E-state index in [0.717, 1.165) is 22.3 Å². The number of aliphatic hydroxyl groups is 1. The minimum Gasteiger partial charge on any atom is -0.464 e. The number of fused-ring (bicyclic) bond motifs is 3. The molecule has 1 aliphatic heterocycles. The van der Waals surface area contributed by atoms with Gasteiger partial charge in [-0.1, -0.05) is 74.5 Å². The number of hydrogen-bond donors (Lipinski definition) is 8. The molecule has 308 valence electrons. The molecule has 3 aromatic carbocycles. The Morgan fingerprint density at radius 2 is 1.50 bits per heavy atom. The number of alkyl carbamates (subject to hydrolysis) is 1. The molecule has 0 radical (unpaired) electrons. The number of benzene rings is 3. The number of aliphatic hydroxyl groups excluding tert-OH is 1. The van der Waals surface area contributed by atoms with E-state index in [2.05, 4.69) is 31.9 Å². The third-order valence-corrected chi connectivity index (χ3v) is 9.87. The lowest BCUT2D eigenvalue weighted by molar-refractivity contribution is -0.141. The van der Waals surface area contributed by atoms with Gasteiger partial charge in [0.05, 0.1) is 19.6 Å². The molecule has 5 rings (SSSR count). The zero-order valence-corrected chi connectivity index (χ0v) is 32.2. The summed E-state index contributed by atoms with van der Waals surface area (Å²) in [5.41, 5.74) is 10.2. The molecule has 7 amide bonds. The summed E-state index contributed by atoms with van der Waals surface area (Å²) in [6.07, 6.45) is -1.05. The normalized spacial score (nSPS) is 15.8. The number of carbonyl (C=O) groups excluding carboxylic acids is 7. The number of hydrogen-bond acceptors (Lipinski definition) is 10. The first-order valence-electron chi connectivity index (χ1n) is 19.1. The van der Waals surface area contributed by atoms with Crippen molar-refractivity contribution >= 4 is 47.4 Å². The highest BCUT2D eigenvalue weighted by molar-refractivity contribution is 5.99. The standard InChI is InChI=1S/C41H49N7O10/c1-23(2)35(38(53)46-31(12-7-18-43-40(42)55)36(51)44-25-15-13-24(21-49)14-16-25)48-37(52)33(20-34(50)45-32-17-19-57-39(32)54)47-41(56)58-22-30-28-10-5-3-8-26(28)27-9-4-6-11-29(27)30/h3-6,8-11,13-16,23,30-33,35,49H,7,12,17-22H2,1-2H3,(H,44,51)(H,45,50)(H,46,53)(H,47,56)(H,48,52)(H3,42,43,55)/t31-,32-,33-,35-/m0/s1. The maximum atomic E-state index is 13.9. The van der Waals surface area contributed by atoms with E-state index < -0.39 is 78.2 Å². The fourth-order valence-electron chi connectivity index (χ4n) is 6.82. The molecule has 9 N–H and O–H groups in total. The highest BCUT2D eigenvalue weighted by Gasteiger charge is 2.35. The van der Waals surface area contributed by atoms with Gasteiger partial charge < -0.3 is 52.2 Å². The van der Waals surface area contributed by atoms with Gasteiger partial charge in [-0.3, -0.25) is 19.2 Å². The largest absolute Gasteiger partial charge is 0.464 e. The van der Waals surface area contributed by atoms with E-state index in [9.17, 15) is 38.7 Å². The number of amides is 7. The minimum absolute atomic E-state index is 0.0705. The van der Waals surface area contributed by atoms with Crippen LogP contribution in [-0.4, -0.2) is 90.8 Å². The second kappa shape index (κ2) is 20.1. The van der Waals surface area contributed by atoms with Crippen LogP contribution in [0.2, 0.25) is 0 Å². The van der Waals surface area contributed by atoms with Gasteiger partial charge in [0.15, 0.2) is 0 Å². The van der Waals surface area contributed by atoms with Crippen molar-refractivity contribution < 1.29 is 48.1 Å². The van der Waals surface area contributed by atoms with Crippen molar-refractivity contribution in [2.45, 2.75) is 76.2 Å². The Morgan fingerprint density at radius 3 is 2.09 bits per heavy atom. The van der Waals surface area contributed by atoms with Gasteiger partial charge in [-0.2, -0.15) is 0 Å². The Hall–Kier alpha value is -6.49. The molecule has 1 fully saturated rings. The quantitative estimate of drug-likeness (QED) is 0.0685. The summed E-state index contributed by atoms with van der Waals surface area (Å²) in [4.78, 5) is 91.0. The lowest BCUT2D eigenvalue weighted by atomic mass is 9.98. The van der Waals surface area contributed by atoms with Gasteiger partial charge in [0, 0.05) is 24.6 Å². The zero-order chi connectivity index (χ0) is 41.8. The SMILES string of the molecule is CC(C)[C@H](NC(=O)[C@H](CC(=O)N[C@H]1CCOC1=O)NC(=O)OCC1c2ccccc2-c2ccccc21)C(=O)N[C@@H](CCCNC(N)=O)C(=O)Nc1ccc(CO)cc1. The van der Waals surface area contributed by atoms with Gasteiger partial charge in [0.1, 0.15) is 30.8 Å². The van der Waals surface area contributed by atoms with Crippen LogP contribution < -0.4 is 37.6 Å². The van der Waals surface area contributed by atoms with Crippen LogP contribution in [0.4, 0.5) is 15.3 Å². The van der Waals surface area contributed by atoms with E-state index in [-0.39, 0.29) is 51.5 Å². The number of cyclic esters (lactones) is 1. The molecule has 0 bridgehead atoms. The van der Waals surface area contributed by atoms with Crippen molar-refractivity contribution in [3.63, 3.8) is 0 Å². The highest BCUT2D eigenvalue weighted by Crippen LogP contribution is 2.44. The molecule has 0 spiro atoms. The molecular formula is C41H49N7O10. The predicted molar refractivity (Wildman–Crippen MR) is 211 cm³/mol. The van der Waals surface area contributed by atoms with Gasteiger partial charge in [0.25, 0.3) is 0 Å². The van der Waals surface area contributed by atoms with Gasteiger partial charge in [-0.05, 0) is 58.7 Å². The third-order valence-electron chi connectivity index (χ3n) is 9.87. The first kappa shape index (κ1) is 42.6. The monoisotopic (exact) mass is 799 g/mol. The van der Waals surface area contributed by atoms with E-state index in [1.807, 2.05) is 48.5 Å². The second-order valence-corrected chi connectivity index (χ2v) is 14.4. The van der Waals surface area contributed by atoms with Crippen molar-refractivity contribution in [3.8, 4) is 11.1 Å². The molecule has 2 aliphatic rings. The average Bonchev–Trinajstić information content (AvgIpc) is 3.76.